The molecule has 0 spiro atoms. The highest BCUT2D eigenvalue weighted by molar-refractivity contribution is 8.00. The summed E-state index contributed by atoms with van der Waals surface area (Å²) >= 11 is 1.12. The van der Waals surface area contributed by atoms with Crippen LogP contribution < -0.4 is 5.32 Å². The van der Waals surface area contributed by atoms with Gasteiger partial charge in [0.05, 0.1) is 5.25 Å². The summed E-state index contributed by atoms with van der Waals surface area (Å²) in [5.74, 6) is -0.819. The van der Waals surface area contributed by atoms with Gasteiger partial charge in [-0.3, -0.25) is 4.79 Å². The van der Waals surface area contributed by atoms with Gasteiger partial charge in [0.2, 0.25) is 5.91 Å². The molecule has 1 fully saturated rings. The molecule has 0 unspecified atom stereocenters. The number of hydrogen-bond acceptors (Lipinski definition) is 2. The Hall–Kier alpha value is -1.10. The number of nitrogens with one attached hydrogen (secondary N) is 1. The molecule has 1 N–H and O–H groups in total. The average molecular weight is 313 g/mol. The molecule has 1 saturated carbocycles. The molecule has 2 rings (SSSR count). The van der Waals surface area contributed by atoms with Crippen molar-refractivity contribution in [3.05, 3.63) is 29.8 Å². The molecule has 1 aliphatic carbocycles. The lowest BCUT2D eigenvalue weighted by atomic mass is 9.86. The van der Waals surface area contributed by atoms with Crippen molar-refractivity contribution >= 4 is 17.7 Å². The van der Waals surface area contributed by atoms with Crippen LogP contribution in [-0.4, -0.2) is 17.2 Å². The van der Waals surface area contributed by atoms with Gasteiger partial charge in [-0.2, -0.15) is 0 Å². The second-order valence-corrected chi connectivity index (χ2v) is 7.09. The Bertz CT molecular complexity index is 509. The number of benzene rings is 1. The largest absolute Gasteiger partial charge is 0.352 e. The fourth-order valence-corrected chi connectivity index (χ4v) is 3.52. The molecule has 0 radical (unpaired) electrons. The summed E-state index contributed by atoms with van der Waals surface area (Å²) in [5, 5.41) is 2.66. The molecule has 21 heavy (non-hydrogen) atoms. The Morgan fingerprint density at radius 1 is 1.33 bits per heavy atom. The SMILES string of the molecule is C[C@@H](Sc1ccc(F)cc1F)C(=O)N[C@H]1CCCC[C@@H]1C. The Kier molecular flexibility index (Phi) is 5.62. The molecule has 1 aromatic rings. The van der Waals surface area contributed by atoms with Crippen LogP contribution in [0, 0.1) is 17.6 Å². The maximum absolute atomic E-state index is 13.6. The van der Waals surface area contributed by atoms with Crippen LogP contribution in [0.1, 0.15) is 39.5 Å². The van der Waals surface area contributed by atoms with E-state index in [2.05, 4.69) is 12.2 Å². The first-order valence-electron chi connectivity index (χ1n) is 7.39. The molecule has 0 aromatic heterocycles. The van der Waals surface area contributed by atoms with Crippen molar-refractivity contribution in [2.75, 3.05) is 0 Å². The minimum absolute atomic E-state index is 0.0810. The number of hydrogen-bond donors (Lipinski definition) is 1. The Morgan fingerprint density at radius 2 is 2.05 bits per heavy atom. The molecule has 5 heteroatoms. The second-order valence-electron chi connectivity index (χ2n) is 5.71. The third kappa shape index (κ3) is 4.43. The molecule has 1 aromatic carbocycles. The molecule has 116 valence electrons. The monoisotopic (exact) mass is 313 g/mol. The van der Waals surface area contributed by atoms with Crippen LogP contribution in [0.5, 0.6) is 0 Å². The van der Waals surface area contributed by atoms with Gasteiger partial charge in [-0.15, -0.1) is 11.8 Å². The highest BCUT2D eigenvalue weighted by atomic mass is 32.2. The summed E-state index contributed by atoms with van der Waals surface area (Å²) in [6.07, 6.45) is 4.51. The quantitative estimate of drug-likeness (QED) is 0.846. The summed E-state index contributed by atoms with van der Waals surface area (Å²) < 4.78 is 26.5. The van der Waals surface area contributed by atoms with Crippen molar-refractivity contribution < 1.29 is 13.6 Å². The molecule has 1 aliphatic rings. The highest BCUT2D eigenvalue weighted by Crippen LogP contribution is 2.28. The molecule has 0 saturated heterocycles. The number of amides is 1. The second kappa shape index (κ2) is 7.25. The van der Waals surface area contributed by atoms with Gasteiger partial charge in [0, 0.05) is 17.0 Å². The topological polar surface area (TPSA) is 29.1 Å². The molecule has 0 aliphatic heterocycles. The standard InChI is InChI=1S/C16H21F2NOS/c1-10-5-3-4-6-14(10)19-16(20)11(2)21-15-8-7-12(17)9-13(15)18/h7-11,14H,3-6H2,1-2H3,(H,19,20)/t10-,11+,14-/m0/s1. The van der Waals surface area contributed by atoms with Crippen molar-refractivity contribution in [1.82, 2.24) is 5.32 Å². The summed E-state index contributed by atoms with van der Waals surface area (Å²) in [7, 11) is 0. The lowest BCUT2D eigenvalue weighted by Gasteiger charge is -2.30. The van der Waals surface area contributed by atoms with Gasteiger partial charge in [0.1, 0.15) is 11.6 Å². The van der Waals surface area contributed by atoms with E-state index in [4.69, 9.17) is 0 Å². The zero-order valence-electron chi connectivity index (χ0n) is 12.4. The van der Waals surface area contributed by atoms with Crippen LogP contribution in [0.4, 0.5) is 8.78 Å². The van der Waals surface area contributed by atoms with Crippen LogP contribution >= 0.6 is 11.8 Å². The van der Waals surface area contributed by atoms with E-state index in [1.165, 1.54) is 18.6 Å². The minimum Gasteiger partial charge on any atom is -0.352 e. The van der Waals surface area contributed by atoms with Crippen molar-refractivity contribution in [3.8, 4) is 0 Å². The molecule has 2 nitrogen and oxygen atoms in total. The van der Waals surface area contributed by atoms with E-state index in [-0.39, 0.29) is 11.9 Å². The molecule has 3 atom stereocenters. The average Bonchev–Trinajstić information content (AvgIpc) is 2.44. The summed E-state index contributed by atoms with van der Waals surface area (Å²) in [5.41, 5.74) is 0. The van der Waals surface area contributed by atoms with Crippen LogP contribution in [0.15, 0.2) is 23.1 Å². The Labute approximate surface area is 128 Å². The number of carbonyl (C=O) groups is 1. The number of carbonyl (C=O) groups excluding carboxylic acids is 1. The van der Waals surface area contributed by atoms with Crippen molar-refractivity contribution in [3.63, 3.8) is 0 Å². The summed E-state index contributed by atoms with van der Waals surface area (Å²) in [4.78, 5) is 12.5. The normalized spacial score (nSPS) is 23.6. The Balaban J connectivity index is 1.92. The molecular weight excluding hydrogens is 292 g/mol. The lowest BCUT2D eigenvalue weighted by Crippen LogP contribution is -2.44. The van der Waals surface area contributed by atoms with Gasteiger partial charge >= 0.3 is 0 Å². The minimum atomic E-state index is -0.620. The van der Waals surface area contributed by atoms with Crippen molar-refractivity contribution in [1.29, 1.82) is 0 Å². The third-order valence-electron chi connectivity index (χ3n) is 4.01. The van der Waals surface area contributed by atoms with Crippen LogP contribution in [0.25, 0.3) is 0 Å². The maximum Gasteiger partial charge on any atom is 0.233 e. The van der Waals surface area contributed by atoms with E-state index in [0.29, 0.717) is 10.8 Å². The highest BCUT2D eigenvalue weighted by Gasteiger charge is 2.25. The van der Waals surface area contributed by atoms with Gasteiger partial charge in [-0.05, 0) is 37.8 Å². The number of rotatable bonds is 4. The molecule has 0 heterocycles. The van der Waals surface area contributed by atoms with E-state index in [0.717, 1.165) is 37.1 Å². The molecular formula is C16H21F2NOS. The van der Waals surface area contributed by atoms with Gasteiger partial charge in [-0.25, -0.2) is 8.78 Å². The first-order chi connectivity index (χ1) is 9.97. The first-order valence-corrected chi connectivity index (χ1v) is 8.27. The van der Waals surface area contributed by atoms with Gasteiger partial charge < -0.3 is 5.32 Å². The zero-order valence-corrected chi connectivity index (χ0v) is 13.2. The van der Waals surface area contributed by atoms with Crippen LogP contribution in [-0.2, 0) is 4.79 Å². The van der Waals surface area contributed by atoms with E-state index in [1.54, 1.807) is 6.92 Å². The van der Waals surface area contributed by atoms with Crippen LogP contribution in [0.2, 0.25) is 0 Å². The lowest BCUT2D eigenvalue weighted by molar-refractivity contribution is -0.121. The van der Waals surface area contributed by atoms with E-state index >= 15 is 0 Å². The zero-order chi connectivity index (χ0) is 15.4. The Morgan fingerprint density at radius 3 is 2.71 bits per heavy atom. The number of halogens is 2. The van der Waals surface area contributed by atoms with Gasteiger partial charge in [0.15, 0.2) is 0 Å². The predicted molar refractivity (Wildman–Crippen MR) is 81.2 cm³/mol. The van der Waals surface area contributed by atoms with Gasteiger partial charge in [-0.1, -0.05) is 19.8 Å². The van der Waals surface area contributed by atoms with E-state index in [1.807, 2.05) is 0 Å². The predicted octanol–water partition coefficient (Wildman–Crippen LogP) is 4.14. The first kappa shape index (κ1) is 16.3. The van der Waals surface area contributed by atoms with Crippen LogP contribution in [0.3, 0.4) is 0 Å². The fourth-order valence-electron chi connectivity index (χ4n) is 2.65. The smallest absolute Gasteiger partial charge is 0.233 e. The summed E-state index contributed by atoms with van der Waals surface area (Å²) in [6, 6.07) is 3.64. The molecule has 1 amide bonds. The maximum atomic E-state index is 13.6. The number of thioether (sulfide) groups is 1. The fraction of sp³-hybridized carbons (Fsp3) is 0.562. The third-order valence-corrected chi connectivity index (χ3v) is 5.16. The van der Waals surface area contributed by atoms with E-state index < -0.39 is 16.9 Å². The van der Waals surface area contributed by atoms with Crippen molar-refractivity contribution in [2.24, 2.45) is 5.92 Å². The summed E-state index contributed by atoms with van der Waals surface area (Å²) in [6.45, 7) is 3.90. The van der Waals surface area contributed by atoms with Crippen molar-refractivity contribution in [2.45, 2.75) is 55.7 Å². The molecule has 0 bridgehead atoms. The van der Waals surface area contributed by atoms with Gasteiger partial charge in [0.25, 0.3) is 0 Å². The van der Waals surface area contributed by atoms with E-state index in [9.17, 15) is 13.6 Å².